The topological polar surface area (TPSA) is 17.1 Å². The number of hydrogen-bond donors (Lipinski definition) is 0. The standard InChI is InChI=1S/C22H18O/c23-22-15-20(14-19-8-4-5-9-21(19)22)18-12-10-17(11-13-18)16-6-2-1-3-7-16/h1-13,20H,14-15H2/t20-/m1/s1. The Morgan fingerprint density at radius 2 is 1.30 bits per heavy atom. The molecule has 0 aromatic heterocycles. The predicted molar refractivity (Wildman–Crippen MR) is 93.7 cm³/mol. The van der Waals surface area contributed by atoms with Crippen molar-refractivity contribution in [3.63, 3.8) is 0 Å². The van der Waals surface area contributed by atoms with E-state index >= 15 is 0 Å². The maximum atomic E-state index is 12.4. The predicted octanol–water partition coefficient (Wildman–Crippen LogP) is 5.27. The second-order valence-electron chi connectivity index (χ2n) is 6.17. The van der Waals surface area contributed by atoms with Gasteiger partial charge in [0.25, 0.3) is 0 Å². The highest BCUT2D eigenvalue weighted by Crippen LogP contribution is 2.33. The van der Waals surface area contributed by atoms with Gasteiger partial charge in [-0.2, -0.15) is 0 Å². The van der Waals surface area contributed by atoms with Crippen LogP contribution in [0.3, 0.4) is 0 Å². The van der Waals surface area contributed by atoms with Gasteiger partial charge in [0.2, 0.25) is 0 Å². The highest BCUT2D eigenvalue weighted by atomic mass is 16.1. The maximum absolute atomic E-state index is 12.4. The fraction of sp³-hybridized carbons (Fsp3) is 0.136. The van der Waals surface area contributed by atoms with Crippen LogP contribution in [0.4, 0.5) is 0 Å². The maximum Gasteiger partial charge on any atom is 0.163 e. The number of Topliss-reactive ketones (excluding diaryl/α,β-unsaturated/α-hetero) is 1. The Bertz CT molecular complexity index is 831. The normalized spacial score (nSPS) is 16.9. The van der Waals surface area contributed by atoms with E-state index < -0.39 is 0 Å². The molecule has 0 N–H and O–H groups in total. The average molecular weight is 298 g/mol. The monoisotopic (exact) mass is 298 g/mol. The van der Waals surface area contributed by atoms with Crippen molar-refractivity contribution in [2.24, 2.45) is 0 Å². The first-order valence-electron chi connectivity index (χ1n) is 8.08. The van der Waals surface area contributed by atoms with Crippen LogP contribution in [0, 0.1) is 0 Å². The van der Waals surface area contributed by atoms with Crippen LogP contribution < -0.4 is 0 Å². The Kier molecular flexibility index (Phi) is 3.55. The molecule has 0 bridgehead atoms. The van der Waals surface area contributed by atoms with Crippen molar-refractivity contribution >= 4 is 5.78 Å². The van der Waals surface area contributed by atoms with Gasteiger partial charge in [-0.25, -0.2) is 0 Å². The van der Waals surface area contributed by atoms with Crippen LogP contribution in [0.5, 0.6) is 0 Å². The lowest BCUT2D eigenvalue weighted by Crippen LogP contribution is -2.18. The van der Waals surface area contributed by atoms with Gasteiger partial charge in [0.05, 0.1) is 0 Å². The molecule has 0 saturated heterocycles. The van der Waals surface area contributed by atoms with Crippen molar-refractivity contribution in [1.82, 2.24) is 0 Å². The summed E-state index contributed by atoms with van der Waals surface area (Å²) in [6, 6.07) is 27.1. The molecule has 0 spiro atoms. The summed E-state index contributed by atoms with van der Waals surface area (Å²) in [7, 11) is 0. The third-order valence-electron chi connectivity index (χ3n) is 4.71. The Labute approximate surface area is 136 Å². The van der Waals surface area contributed by atoms with Crippen LogP contribution in [0.25, 0.3) is 11.1 Å². The Morgan fingerprint density at radius 3 is 2.09 bits per heavy atom. The first-order chi connectivity index (χ1) is 11.3. The minimum absolute atomic E-state index is 0.268. The molecule has 1 aliphatic rings. The fourth-order valence-electron chi connectivity index (χ4n) is 3.46. The number of ketones is 1. The Morgan fingerprint density at radius 1 is 0.652 bits per heavy atom. The summed E-state index contributed by atoms with van der Waals surface area (Å²) in [6.07, 6.45) is 1.56. The summed E-state index contributed by atoms with van der Waals surface area (Å²) >= 11 is 0. The molecule has 1 aliphatic carbocycles. The summed E-state index contributed by atoms with van der Waals surface area (Å²) in [4.78, 5) is 12.4. The van der Waals surface area contributed by atoms with E-state index in [2.05, 4.69) is 54.6 Å². The first kappa shape index (κ1) is 14.0. The summed E-state index contributed by atoms with van der Waals surface area (Å²) in [5.41, 5.74) is 5.79. The van der Waals surface area contributed by atoms with Gasteiger partial charge in [0, 0.05) is 12.0 Å². The van der Waals surface area contributed by atoms with E-state index in [1.54, 1.807) is 0 Å². The van der Waals surface area contributed by atoms with Crippen LogP contribution in [-0.2, 0) is 6.42 Å². The summed E-state index contributed by atoms with van der Waals surface area (Å²) in [6.45, 7) is 0. The lowest BCUT2D eigenvalue weighted by atomic mass is 9.79. The quantitative estimate of drug-likeness (QED) is 0.630. The number of carbonyl (C=O) groups excluding carboxylic acids is 1. The molecule has 0 fully saturated rings. The molecule has 1 atom stereocenters. The molecular formula is C22H18O. The summed E-state index contributed by atoms with van der Waals surface area (Å²) in [5, 5.41) is 0. The SMILES string of the molecule is O=C1C[C@H](c2ccc(-c3ccccc3)cc2)Cc2ccccc21. The number of hydrogen-bond acceptors (Lipinski definition) is 1. The second-order valence-corrected chi connectivity index (χ2v) is 6.17. The van der Waals surface area contributed by atoms with Crippen molar-refractivity contribution < 1.29 is 4.79 Å². The lowest BCUT2D eigenvalue weighted by molar-refractivity contribution is 0.0964. The van der Waals surface area contributed by atoms with E-state index in [9.17, 15) is 4.79 Å². The zero-order valence-corrected chi connectivity index (χ0v) is 12.9. The molecule has 0 amide bonds. The van der Waals surface area contributed by atoms with Gasteiger partial charge in [-0.3, -0.25) is 4.79 Å². The Balaban J connectivity index is 1.61. The molecule has 23 heavy (non-hydrogen) atoms. The van der Waals surface area contributed by atoms with E-state index in [1.165, 1.54) is 22.3 Å². The minimum Gasteiger partial charge on any atom is -0.294 e. The second kappa shape index (κ2) is 5.85. The number of rotatable bonds is 2. The van der Waals surface area contributed by atoms with Gasteiger partial charge in [-0.05, 0) is 34.6 Å². The molecule has 0 unspecified atom stereocenters. The molecule has 1 nitrogen and oxygen atoms in total. The van der Waals surface area contributed by atoms with Crippen molar-refractivity contribution in [2.75, 3.05) is 0 Å². The van der Waals surface area contributed by atoms with Crippen LogP contribution in [0.15, 0.2) is 78.9 Å². The molecule has 0 saturated carbocycles. The molecule has 3 aromatic rings. The van der Waals surface area contributed by atoms with Gasteiger partial charge in [-0.1, -0.05) is 78.9 Å². The van der Waals surface area contributed by atoms with Crippen molar-refractivity contribution in [1.29, 1.82) is 0 Å². The molecule has 3 aromatic carbocycles. The third kappa shape index (κ3) is 2.70. The smallest absolute Gasteiger partial charge is 0.163 e. The first-order valence-corrected chi connectivity index (χ1v) is 8.08. The Hall–Kier alpha value is -2.67. The van der Waals surface area contributed by atoms with Crippen LogP contribution >= 0.6 is 0 Å². The molecule has 112 valence electrons. The van der Waals surface area contributed by atoms with E-state index in [1.807, 2.05) is 24.3 Å². The zero-order chi connectivity index (χ0) is 15.6. The van der Waals surface area contributed by atoms with Crippen LogP contribution in [-0.4, -0.2) is 5.78 Å². The van der Waals surface area contributed by atoms with Crippen molar-refractivity contribution in [3.05, 3.63) is 95.6 Å². The molecule has 0 radical (unpaired) electrons. The van der Waals surface area contributed by atoms with Gasteiger partial charge < -0.3 is 0 Å². The average Bonchev–Trinajstić information content (AvgIpc) is 2.63. The van der Waals surface area contributed by atoms with Crippen molar-refractivity contribution in [3.8, 4) is 11.1 Å². The van der Waals surface area contributed by atoms with Crippen LogP contribution in [0.2, 0.25) is 0 Å². The molecule has 4 rings (SSSR count). The highest BCUT2D eigenvalue weighted by molar-refractivity contribution is 5.99. The van der Waals surface area contributed by atoms with Gasteiger partial charge in [0.1, 0.15) is 0 Å². The zero-order valence-electron chi connectivity index (χ0n) is 12.9. The minimum atomic E-state index is 0.268. The number of fused-ring (bicyclic) bond motifs is 1. The molecule has 0 heterocycles. The molecule has 0 aliphatic heterocycles. The van der Waals surface area contributed by atoms with Crippen LogP contribution in [0.1, 0.15) is 33.8 Å². The summed E-state index contributed by atoms with van der Waals surface area (Å²) in [5.74, 6) is 0.561. The van der Waals surface area contributed by atoms with E-state index in [0.717, 1.165) is 12.0 Å². The highest BCUT2D eigenvalue weighted by Gasteiger charge is 2.25. The molecular weight excluding hydrogens is 280 g/mol. The van der Waals surface area contributed by atoms with E-state index in [4.69, 9.17) is 0 Å². The lowest BCUT2D eigenvalue weighted by Gasteiger charge is -2.24. The third-order valence-corrected chi connectivity index (χ3v) is 4.71. The van der Waals surface area contributed by atoms with Crippen molar-refractivity contribution in [2.45, 2.75) is 18.8 Å². The summed E-state index contributed by atoms with van der Waals surface area (Å²) < 4.78 is 0. The van der Waals surface area contributed by atoms with E-state index in [-0.39, 0.29) is 5.78 Å². The van der Waals surface area contributed by atoms with E-state index in [0.29, 0.717) is 12.3 Å². The van der Waals surface area contributed by atoms with Gasteiger partial charge >= 0.3 is 0 Å². The van der Waals surface area contributed by atoms with Gasteiger partial charge in [0.15, 0.2) is 5.78 Å². The number of benzene rings is 3. The molecule has 1 heteroatoms. The largest absolute Gasteiger partial charge is 0.294 e. The number of carbonyl (C=O) groups is 1. The van der Waals surface area contributed by atoms with Gasteiger partial charge in [-0.15, -0.1) is 0 Å². The fourth-order valence-corrected chi connectivity index (χ4v) is 3.46.